The molecule has 0 aromatic carbocycles. The summed E-state index contributed by atoms with van der Waals surface area (Å²) < 4.78 is 9.54. The average Bonchev–Trinajstić information content (AvgIpc) is 2.25. The van der Waals surface area contributed by atoms with E-state index in [4.69, 9.17) is 9.47 Å². The Hall–Kier alpha value is -1.58. The Balaban J connectivity index is 4.09. The zero-order valence-corrected chi connectivity index (χ0v) is 9.77. The van der Waals surface area contributed by atoms with E-state index in [1.165, 1.54) is 12.2 Å². The minimum Gasteiger partial charge on any atom is -0.466 e. The molecule has 0 fully saturated rings. The van der Waals surface area contributed by atoms with Gasteiger partial charge in [0, 0.05) is 6.08 Å². The highest BCUT2D eigenvalue weighted by Gasteiger charge is 2.13. The van der Waals surface area contributed by atoms with E-state index < -0.39 is 11.9 Å². The van der Waals surface area contributed by atoms with Crippen molar-refractivity contribution in [3.05, 3.63) is 24.8 Å². The summed E-state index contributed by atoms with van der Waals surface area (Å²) in [5.74, 6) is -1.15. The monoisotopic (exact) mass is 226 g/mol. The Morgan fingerprint density at radius 3 is 2.38 bits per heavy atom. The molecular weight excluding hydrogens is 208 g/mol. The van der Waals surface area contributed by atoms with Crippen LogP contribution in [0.5, 0.6) is 0 Å². The Bertz CT molecular complexity index is 268. The first-order valence-electron chi connectivity index (χ1n) is 5.28. The van der Waals surface area contributed by atoms with E-state index in [9.17, 15) is 9.59 Å². The topological polar surface area (TPSA) is 52.6 Å². The standard InChI is InChI=1S/C12H18O4/c1-4-10(12(14)16-6-3)8-7-9-11(13)15-5-2/h4,7,9-10H,1,5-6,8H2,2-3H3/b9-7+. The SMILES string of the molecule is C=CC(C/C=C/C(=O)OCC)C(=O)OCC. The van der Waals surface area contributed by atoms with Crippen LogP contribution in [0.25, 0.3) is 0 Å². The first kappa shape index (κ1) is 14.4. The smallest absolute Gasteiger partial charge is 0.330 e. The molecule has 0 rings (SSSR count). The molecule has 0 amide bonds. The molecule has 0 heterocycles. The molecule has 0 aliphatic heterocycles. The van der Waals surface area contributed by atoms with Crippen LogP contribution in [0.2, 0.25) is 0 Å². The molecule has 0 bridgehead atoms. The van der Waals surface area contributed by atoms with Gasteiger partial charge >= 0.3 is 11.9 Å². The zero-order valence-electron chi connectivity index (χ0n) is 9.77. The van der Waals surface area contributed by atoms with Gasteiger partial charge in [0.1, 0.15) is 0 Å². The summed E-state index contributed by atoms with van der Waals surface area (Å²) in [5.41, 5.74) is 0. The summed E-state index contributed by atoms with van der Waals surface area (Å²) in [6, 6.07) is 0. The lowest BCUT2D eigenvalue weighted by Crippen LogP contribution is -2.15. The molecule has 0 aliphatic carbocycles. The van der Waals surface area contributed by atoms with Crippen LogP contribution in [0.15, 0.2) is 24.8 Å². The van der Waals surface area contributed by atoms with Gasteiger partial charge in [-0.2, -0.15) is 0 Å². The van der Waals surface area contributed by atoms with Gasteiger partial charge in [-0.3, -0.25) is 4.79 Å². The zero-order chi connectivity index (χ0) is 12.4. The summed E-state index contributed by atoms with van der Waals surface area (Å²) in [6.07, 6.45) is 4.79. The van der Waals surface area contributed by atoms with Gasteiger partial charge in [-0.25, -0.2) is 4.79 Å². The van der Waals surface area contributed by atoms with Gasteiger partial charge in [-0.1, -0.05) is 12.2 Å². The molecule has 0 aromatic heterocycles. The number of carbonyl (C=O) groups is 2. The van der Waals surface area contributed by atoms with Gasteiger partial charge in [0.25, 0.3) is 0 Å². The molecule has 1 unspecified atom stereocenters. The second kappa shape index (κ2) is 8.71. The van der Waals surface area contributed by atoms with Crippen molar-refractivity contribution in [2.24, 2.45) is 5.92 Å². The first-order valence-corrected chi connectivity index (χ1v) is 5.28. The van der Waals surface area contributed by atoms with Crippen molar-refractivity contribution >= 4 is 11.9 Å². The van der Waals surface area contributed by atoms with Gasteiger partial charge in [0.2, 0.25) is 0 Å². The van der Waals surface area contributed by atoms with Crippen LogP contribution in [0, 0.1) is 5.92 Å². The van der Waals surface area contributed by atoms with Crippen molar-refractivity contribution in [2.75, 3.05) is 13.2 Å². The maximum atomic E-state index is 11.3. The molecule has 0 radical (unpaired) electrons. The van der Waals surface area contributed by atoms with E-state index in [1.54, 1.807) is 19.9 Å². The quantitative estimate of drug-likeness (QED) is 0.378. The third-order valence-electron chi connectivity index (χ3n) is 1.80. The molecule has 4 heteroatoms. The van der Waals surface area contributed by atoms with Crippen LogP contribution in [-0.4, -0.2) is 25.2 Å². The molecule has 4 nitrogen and oxygen atoms in total. The van der Waals surface area contributed by atoms with Crippen molar-refractivity contribution in [3.63, 3.8) is 0 Å². The minimum absolute atomic E-state index is 0.328. The van der Waals surface area contributed by atoms with Crippen molar-refractivity contribution < 1.29 is 19.1 Å². The van der Waals surface area contributed by atoms with E-state index >= 15 is 0 Å². The third-order valence-corrected chi connectivity index (χ3v) is 1.80. The summed E-state index contributed by atoms with van der Waals surface area (Å²) in [4.78, 5) is 22.3. The Morgan fingerprint density at radius 1 is 1.25 bits per heavy atom. The maximum Gasteiger partial charge on any atom is 0.330 e. The maximum absolute atomic E-state index is 11.3. The Labute approximate surface area is 95.9 Å². The molecule has 0 saturated carbocycles. The van der Waals surface area contributed by atoms with E-state index in [1.807, 2.05) is 0 Å². The second-order valence-corrected chi connectivity index (χ2v) is 2.98. The molecule has 90 valence electrons. The van der Waals surface area contributed by atoms with Gasteiger partial charge in [0.15, 0.2) is 0 Å². The van der Waals surface area contributed by atoms with E-state index in [-0.39, 0.29) is 5.97 Å². The molecule has 0 spiro atoms. The van der Waals surface area contributed by atoms with E-state index in [0.29, 0.717) is 19.6 Å². The highest BCUT2D eigenvalue weighted by molar-refractivity contribution is 5.82. The van der Waals surface area contributed by atoms with Crippen molar-refractivity contribution in [1.29, 1.82) is 0 Å². The lowest BCUT2D eigenvalue weighted by molar-refractivity contribution is -0.146. The number of hydrogen-bond acceptors (Lipinski definition) is 4. The molecular formula is C12H18O4. The third kappa shape index (κ3) is 6.01. The number of ether oxygens (including phenoxy) is 2. The molecule has 0 saturated heterocycles. The van der Waals surface area contributed by atoms with Crippen LogP contribution in [-0.2, 0) is 19.1 Å². The van der Waals surface area contributed by atoms with E-state index in [2.05, 4.69) is 6.58 Å². The molecule has 0 N–H and O–H groups in total. The van der Waals surface area contributed by atoms with Crippen LogP contribution < -0.4 is 0 Å². The second-order valence-electron chi connectivity index (χ2n) is 2.98. The van der Waals surface area contributed by atoms with Crippen LogP contribution in [0.1, 0.15) is 20.3 Å². The van der Waals surface area contributed by atoms with E-state index in [0.717, 1.165) is 0 Å². The lowest BCUT2D eigenvalue weighted by atomic mass is 10.1. The Morgan fingerprint density at radius 2 is 1.88 bits per heavy atom. The van der Waals surface area contributed by atoms with Crippen molar-refractivity contribution in [2.45, 2.75) is 20.3 Å². The Kier molecular flexibility index (Phi) is 7.85. The fraction of sp³-hybridized carbons (Fsp3) is 0.500. The minimum atomic E-state index is -0.411. The van der Waals surface area contributed by atoms with Gasteiger partial charge < -0.3 is 9.47 Å². The van der Waals surface area contributed by atoms with Gasteiger partial charge in [0.05, 0.1) is 19.1 Å². The highest BCUT2D eigenvalue weighted by atomic mass is 16.5. The molecule has 0 aromatic rings. The fourth-order valence-electron chi connectivity index (χ4n) is 1.04. The predicted octanol–water partition coefficient (Wildman–Crippen LogP) is 1.86. The molecule has 1 atom stereocenters. The van der Waals surface area contributed by atoms with Crippen LogP contribution in [0.4, 0.5) is 0 Å². The van der Waals surface area contributed by atoms with Crippen LogP contribution in [0.3, 0.4) is 0 Å². The van der Waals surface area contributed by atoms with Crippen molar-refractivity contribution in [1.82, 2.24) is 0 Å². The molecule has 16 heavy (non-hydrogen) atoms. The fourth-order valence-corrected chi connectivity index (χ4v) is 1.04. The number of hydrogen-bond donors (Lipinski definition) is 0. The summed E-state index contributed by atoms with van der Waals surface area (Å²) in [7, 11) is 0. The highest BCUT2D eigenvalue weighted by Crippen LogP contribution is 2.08. The van der Waals surface area contributed by atoms with Crippen molar-refractivity contribution in [3.8, 4) is 0 Å². The summed E-state index contributed by atoms with van der Waals surface area (Å²) in [6.45, 7) is 7.70. The van der Waals surface area contributed by atoms with Crippen LogP contribution >= 0.6 is 0 Å². The largest absolute Gasteiger partial charge is 0.466 e. The number of rotatable bonds is 7. The normalized spacial score (nSPS) is 12.1. The first-order chi connectivity index (χ1) is 7.65. The number of carbonyl (C=O) groups excluding carboxylic acids is 2. The van der Waals surface area contributed by atoms with Gasteiger partial charge in [-0.05, 0) is 20.3 Å². The predicted molar refractivity (Wildman–Crippen MR) is 60.7 cm³/mol. The van der Waals surface area contributed by atoms with Gasteiger partial charge in [-0.15, -0.1) is 6.58 Å². The summed E-state index contributed by atoms with van der Waals surface area (Å²) >= 11 is 0. The number of allylic oxidation sites excluding steroid dienone is 1. The lowest BCUT2D eigenvalue weighted by Gasteiger charge is -2.08. The summed E-state index contributed by atoms with van der Waals surface area (Å²) in [5, 5.41) is 0. The average molecular weight is 226 g/mol. The number of esters is 2. The molecule has 0 aliphatic rings.